The number of carbonyl (C=O) groups is 2. The number of para-hydroxylation sites is 3. The first-order valence-corrected chi connectivity index (χ1v) is 9.40. The van der Waals surface area contributed by atoms with Crippen LogP contribution < -0.4 is 25.9 Å². The lowest BCUT2D eigenvalue weighted by Crippen LogP contribution is -2.20. The summed E-state index contributed by atoms with van der Waals surface area (Å²) in [6.45, 7) is -0.153. The molecule has 158 valence electrons. The highest BCUT2D eigenvalue weighted by molar-refractivity contribution is 5.99. The molecule has 3 aromatic carbocycles. The lowest BCUT2D eigenvalue weighted by atomic mass is 10.2. The Hall–Kier alpha value is -4.33. The highest BCUT2D eigenvalue weighted by Gasteiger charge is 2.08. The van der Waals surface area contributed by atoms with Crippen LogP contribution in [-0.4, -0.2) is 31.7 Å². The molecular weight excluding hydrogens is 396 g/mol. The minimum atomic E-state index is -0.393. The van der Waals surface area contributed by atoms with E-state index in [1.807, 2.05) is 6.07 Å². The van der Waals surface area contributed by atoms with E-state index < -0.39 is 5.91 Å². The average Bonchev–Trinajstić information content (AvgIpc) is 2.79. The topological polar surface area (TPSA) is 115 Å². The van der Waals surface area contributed by atoms with Crippen LogP contribution in [0.3, 0.4) is 0 Å². The molecule has 3 aromatic rings. The fraction of sp³-hybridized carbons (Fsp3) is 0.0870. The molecule has 0 aromatic heterocycles. The van der Waals surface area contributed by atoms with Crippen LogP contribution in [0, 0.1) is 0 Å². The lowest BCUT2D eigenvalue weighted by Gasteiger charge is -2.10. The van der Waals surface area contributed by atoms with E-state index in [9.17, 15) is 9.59 Å². The van der Waals surface area contributed by atoms with Crippen LogP contribution in [0.15, 0.2) is 77.9 Å². The minimum Gasteiger partial charge on any atom is -0.495 e. The summed E-state index contributed by atoms with van der Waals surface area (Å²) in [7, 11) is 1.54. The number of nitrogens with two attached hydrogens (primary N) is 1. The van der Waals surface area contributed by atoms with Crippen LogP contribution in [0.1, 0.15) is 15.9 Å². The summed E-state index contributed by atoms with van der Waals surface area (Å²) in [6.07, 6.45) is 1.50. The number of amides is 2. The lowest BCUT2D eigenvalue weighted by molar-refractivity contribution is -0.118. The van der Waals surface area contributed by atoms with Crippen LogP contribution in [0.5, 0.6) is 11.5 Å². The molecule has 0 saturated carbocycles. The standard InChI is InChI=1S/C23H22N4O4/c1-30-21-9-5-4-8-20(21)26-22(28)15-31-17-12-10-16(11-13-17)14-25-27-23(29)18-6-2-3-7-19(18)24/h2-14H,15,24H2,1H3,(H,26,28)(H,27,29)/b25-14+. The van der Waals surface area contributed by atoms with Crippen molar-refractivity contribution < 1.29 is 19.1 Å². The number of hydrogen-bond donors (Lipinski definition) is 3. The first kappa shape index (κ1) is 21.4. The number of nitrogens with zero attached hydrogens (tertiary/aromatic N) is 1. The molecule has 0 fully saturated rings. The van der Waals surface area contributed by atoms with Crippen molar-refractivity contribution in [3.8, 4) is 11.5 Å². The maximum Gasteiger partial charge on any atom is 0.273 e. The van der Waals surface area contributed by atoms with E-state index in [4.69, 9.17) is 15.2 Å². The van der Waals surface area contributed by atoms with E-state index in [2.05, 4.69) is 15.8 Å². The smallest absolute Gasteiger partial charge is 0.273 e. The number of rotatable bonds is 8. The van der Waals surface area contributed by atoms with Crippen molar-refractivity contribution in [2.75, 3.05) is 24.8 Å². The minimum absolute atomic E-state index is 0.153. The van der Waals surface area contributed by atoms with Gasteiger partial charge in [-0.2, -0.15) is 5.10 Å². The number of ether oxygens (including phenoxy) is 2. The highest BCUT2D eigenvalue weighted by atomic mass is 16.5. The molecule has 0 unspecified atom stereocenters. The molecule has 0 spiro atoms. The van der Waals surface area contributed by atoms with E-state index >= 15 is 0 Å². The maximum atomic E-state index is 12.1. The molecule has 0 aliphatic rings. The van der Waals surface area contributed by atoms with E-state index in [0.29, 0.717) is 28.4 Å². The SMILES string of the molecule is COc1ccccc1NC(=O)COc1ccc(/C=N/NC(=O)c2ccccc2N)cc1. The second-order valence-corrected chi connectivity index (χ2v) is 6.39. The predicted molar refractivity (Wildman–Crippen MR) is 119 cm³/mol. The summed E-state index contributed by atoms with van der Waals surface area (Å²) in [5.41, 5.74) is 10.3. The molecule has 0 aliphatic carbocycles. The van der Waals surface area contributed by atoms with Crippen molar-refractivity contribution in [1.29, 1.82) is 0 Å². The molecule has 4 N–H and O–H groups in total. The summed E-state index contributed by atoms with van der Waals surface area (Å²) in [6, 6.07) is 20.8. The zero-order chi connectivity index (χ0) is 22.1. The van der Waals surface area contributed by atoms with Gasteiger partial charge in [0.1, 0.15) is 11.5 Å². The summed E-state index contributed by atoms with van der Waals surface area (Å²) >= 11 is 0. The van der Waals surface area contributed by atoms with Gasteiger partial charge in [-0.1, -0.05) is 24.3 Å². The second-order valence-electron chi connectivity index (χ2n) is 6.39. The molecule has 0 saturated heterocycles. The number of nitrogens with one attached hydrogen (secondary N) is 2. The fourth-order valence-corrected chi connectivity index (χ4v) is 2.66. The summed E-state index contributed by atoms with van der Waals surface area (Å²) in [5, 5.41) is 6.67. The Balaban J connectivity index is 1.48. The number of carbonyl (C=O) groups excluding carboxylic acids is 2. The van der Waals surface area contributed by atoms with Crippen molar-refractivity contribution in [3.05, 3.63) is 83.9 Å². The summed E-state index contributed by atoms with van der Waals surface area (Å²) in [5.74, 6) is 0.392. The zero-order valence-corrected chi connectivity index (χ0v) is 16.9. The number of methoxy groups -OCH3 is 1. The number of hydrogen-bond acceptors (Lipinski definition) is 6. The quantitative estimate of drug-likeness (QED) is 0.295. The van der Waals surface area contributed by atoms with E-state index in [0.717, 1.165) is 5.56 Å². The van der Waals surface area contributed by atoms with Crippen LogP contribution in [0.25, 0.3) is 0 Å². The van der Waals surface area contributed by atoms with Crippen molar-refractivity contribution >= 4 is 29.4 Å². The van der Waals surface area contributed by atoms with Gasteiger partial charge < -0.3 is 20.5 Å². The molecule has 8 heteroatoms. The third-order valence-corrected chi connectivity index (χ3v) is 4.22. The van der Waals surface area contributed by atoms with E-state index in [1.54, 1.807) is 66.7 Å². The second kappa shape index (κ2) is 10.4. The van der Waals surface area contributed by atoms with Gasteiger partial charge in [-0.25, -0.2) is 5.43 Å². The van der Waals surface area contributed by atoms with Crippen molar-refractivity contribution in [1.82, 2.24) is 5.43 Å². The molecule has 0 aliphatic heterocycles. The van der Waals surface area contributed by atoms with Crippen LogP contribution >= 0.6 is 0 Å². The Morgan fingerprint density at radius 3 is 2.45 bits per heavy atom. The summed E-state index contributed by atoms with van der Waals surface area (Å²) < 4.78 is 10.7. The maximum absolute atomic E-state index is 12.1. The van der Waals surface area contributed by atoms with Crippen molar-refractivity contribution in [3.63, 3.8) is 0 Å². The Bertz CT molecular complexity index is 1080. The van der Waals surface area contributed by atoms with E-state index in [-0.39, 0.29) is 12.5 Å². The molecule has 2 amide bonds. The summed E-state index contributed by atoms with van der Waals surface area (Å²) in [4.78, 5) is 24.2. The molecule has 0 atom stereocenters. The average molecular weight is 418 g/mol. The van der Waals surface area contributed by atoms with Crippen LogP contribution in [0.2, 0.25) is 0 Å². The van der Waals surface area contributed by atoms with Crippen molar-refractivity contribution in [2.45, 2.75) is 0 Å². The molecule has 3 rings (SSSR count). The first-order chi connectivity index (χ1) is 15.1. The van der Waals surface area contributed by atoms with Gasteiger partial charge in [-0.05, 0) is 54.1 Å². The predicted octanol–water partition coefficient (Wildman–Crippen LogP) is 3.06. The monoisotopic (exact) mass is 418 g/mol. The van der Waals surface area contributed by atoms with Gasteiger partial charge in [0.15, 0.2) is 6.61 Å². The molecule has 8 nitrogen and oxygen atoms in total. The van der Waals surface area contributed by atoms with Gasteiger partial charge in [0.25, 0.3) is 11.8 Å². The largest absolute Gasteiger partial charge is 0.495 e. The van der Waals surface area contributed by atoms with E-state index in [1.165, 1.54) is 13.3 Å². The molecule has 31 heavy (non-hydrogen) atoms. The first-order valence-electron chi connectivity index (χ1n) is 9.40. The third kappa shape index (κ3) is 6.07. The Morgan fingerprint density at radius 1 is 1.00 bits per heavy atom. The molecule has 0 bridgehead atoms. The number of nitrogen functional groups attached to an aromatic ring is 1. The van der Waals surface area contributed by atoms with Crippen LogP contribution in [-0.2, 0) is 4.79 Å². The number of anilines is 2. The highest BCUT2D eigenvalue weighted by Crippen LogP contribution is 2.23. The Labute approximate surface area is 179 Å². The van der Waals surface area contributed by atoms with Gasteiger partial charge in [0.2, 0.25) is 0 Å². The molecular formula is C23H22N4O4. The third-order valence-electron chi connectivity index (χ3n) is 4.22. The number of benzene rings is 3. The normalized spacial score (nSPS) is 10.5. The van der Waals surface area contributed by atoms with Gasteiger partial charge in [0, 0.05) is 5.69 Å². The fourth-order valence-electron chi connectivity index (χ4n) is 2.66. The Kier molecular flexibility index (Phi) is 7.21. The van der Waals surface area contributed by atoms with Gasteiger partial charge in [-0.3, -0.25) is 9.59 Å². The zero-order valence-electron chi connectivity index (χ0n) is 16.9. The molecule has 0 radical (unpaired) electrons. The Morgan fingerprint density at radius 2 is 1.71 bits per heavy atom. The van der Waals surface area contributed by atoms with Gasteiger partial charge in [0.05, 0.1) is 24.6 Å². The van der Waals surface area contributed by atoms with Crippen molar-refractivity contribution in [2.24, 2.45) is 5.10 Å². The van der Waals surface area contributed by atoms with Gasteiger partial charge in [-0.15, -0.1) is 0 Å². The molecule has 0 heterocycles. The van der Waals surface area contributed by atoms with Gasteiger partial charge >= 0.3 is 0 Å². The number of hydrazone groups is 1. The van der Waals surface area contributed by atoms with Crippen LogP contribution in [0.4, 0.5) is 11.4 Å².